The molecule has 3 heteroatoms. The lowest BCUT2D eigenvalue weighted by Crippen LogP contribution is -2.60. The largest absolute Gasteiger partial charge is 0.494 e. The third-order valence-electron chi connectivity index (χ3n) is 6.61. The molecular weight excluding hydrogens is 298 g/mol. The topological polar surface area (TPSA) is 29.5 Å². The second-order valence-electron chi connectivity index (χ2n) is 7.75. The molecule has 24 heavy (non-hydrogen) atoms. The maximum atomic E-state index is 12.4. The molecule has 3 atom stereocenters. The summed E-state index contributed by atoms with van der Waals surface area (Å²) in [6.45, 7) is 7.78. The van der Waals surface area contributed by atoms with Crippen LogP contribution in [-0.4, -0.2) is 36.9 Å². The Morgan fingerprint density at radius 3 is 3.08 bits per heavy atom. The summed E-state index contributed by atoms with van der Waals surface area (Å²) in [6.07, 6.45) is 4.72. The average Bonchev–Trinajstić information content (AvgIpc) is 2.57. The average molecular weight is 325 g/mol. The maximum Gasteiger partial charge on any atom is 0.133 e. The van der Waals surface area contributed by atoms with Gasteiger partial charge >= 0.3 is 0 Å². The van der Waals surface area contributed by atoms with Crippen LogP contribution < -0.4 is 0 Å². The normalized spacial score (nSPS) is 32.0. The molecule has 1 saturated carbocycles. The van der Waals surface area contributed by atoms with Crippen molar-refractivity contribution in [3.8, 4) is 0 Å². The number of carbonyl (C=O) groups excluding carboxylic acids is 1. The van der Waals surface area contributed by atoms with Crippen LogP contribution in [-0.2, 0) is 21.4 Å². The smallest absolute Gasteiger partial charge is 0.133 e. The number of hydrogen-bond donors (Lipinski definition) is 0. The van der Waals surface area contributed by atoms with Gasteiger partial charge in [0.25, 0.3) is 0 Å². The number of ketones is 1. The first kappa shape index (κ1) is 15.9. The summed E-state index contributed by atoms with van der Waals surface area (Å²) in [6, 6.07) is 7.24. The van der Waals surface area contributed by atoms with Crippen molar-refractivity contribution in [1.29, 1.82) is 0 Å². The molecule has 2 aliphatic carbocycles. The van der Waals surface area contributed by atoms with Crippen LogP contribution in [0.1, 0.15) is 49.3 Å². The molecule has 1 saturated heterocycles. The minimum atomic E-state index is 0.0442. The third-order valence-corrected chi connectivity index (χ3v) is 6.61. The maximum absolute atomic E-state index is 12.4. The van der Waals surface area contributed by atoms with Gasteiger partial charge in [0.15, 0.2) is 0 Å². The minimum absolute atomic E-state index is 0.0442. The highest BCUT2D eigenvalue weighted by molar-refractivity contribution is 5.82. The zero-order chi connectivity index (χ0) is 16.9. The van der Waals surface area contributed by atoms with Crippen molar-refractivity contribution in [3.05, 3.63) is 41.5 Å². The van der Waals surface area contributed by atoms with Crippen molar-refractivity contribution < 1.29 is 9.53 Å². The minimum Gasteiger partial charge on any atom is -0.494 e. The summed E-state index contributed by atoms with van der Waals surface area (Å²) in [5.74, 6) is 1.79. The third kappa shape index (κ3) is 2.25. The Balaban J connectivity index is 1.83. The summed E-state index contributed by atoms with van der Waals surface area (Å²) in [7, 11) is 2.25. The van der Waals surface area contributed by atoms with E-state index in [1.807, 2.05) is 6.92 Å². The SMILES string of the molecule is C=C(OCC)c1ccc2c(c1)[C@]13CCN(C)[C@H](C2)[C@@H]1CCC(=O)C3. The van der Waals surface area contributed by atoms with Crippen LogP contribution in [0.3, 0.4) is 0 Å². The lowest BCUT2D eigenvalue weighted by molar-refractivity contribution is -0.126. The van der Waals surface area contributed by atoms with Crippen LogP contribution in [0, 0.1) is 5.92 Å². The Labute approximate surface area is 144 Å². The second kappa shape index (κ2) is 5.73. The van der Waals surface area contributed by atoms with Gasteiger partial charge in [0, 0.05) is 29.9 Å². The highest BCUT2D eigenvalue weighted by atomic mass is 16.5. The van der Waals surface area contributed by atoms with E-state index in [9.17, 15) is 4.79 Å². The molecule has 4 rings (SSSR count). The van der Waals surface area contributed by atoms with Crippen LogP contribution in [0.5, 0.6) is 0 Å². The molecule has 128 valence electrons. The van der Waals surface area contributed by atoms with Crippen LogP contribution >= 0.6 is 0 Å². The lowest BCUT2D eigenvalue weighted by atomic mass is 9.52. The zero-order valence-corrected chi connectivity index (χ0v) is 14.8. The first-order valence-electron chi connectivity index (χ1n) is 9.22. The first-order valence-corrected chi connectivity index (χ1v) is 9.22. The van der Waals surface area contributed by atoms with Gasteiger partial charge in [-0.3, -0.25) is 4.79 Å². The molecule has 1 aromatic carbocycles. The van der Waals surface area contributed by atoms with Crippen molar-refractivity contribution in [2.45, 2.75) is 50.5 Å². The lowest BCUT2D eigenvalue weighted by Gasteiger charge is -2.58. The van der Waals surface area contributed by atoms with E-state index in [-0.39, 0.29) is 5.41 Å². The number of carbonyl (C=O) groups is 1. The van der Waals surface area contributed by atoms with E-state index in [1.54, 1.807) is 0 Å². The standard InChI is InChI=1S/C21H27NO2/c1-4-24-14(2)15-5-6-16-12-20-18-8-7-17(23)13-21(18,19(16)11-15)9-10-22(20)3/h5-6,11,18,20H,2,4,7-10,12-13H2,1,3H3/t18-,20+,21-/m0/s1. The number of nitrogens with zero attached hydrogens (tertiary/aromatic N) is 1. The van der Waals surface area contributed by atoms with Crippen molar-refractivity contribution >= 4 is 11.5 Å². The molecule has 1 aromatic rings. The van der Waals surface area contributed by atoms with Crippen molar-refractivity contribution in [2.24, 2.45) is 5.92 Å². The quantitative estimate of drug-likeness (QED) is 0.796. The molecule has 0 radical (unpaired) electrons. The Bertz CT molecular complexity index is 695. The van der Waals surface area contributed by atoms with Crippen molar-refractivity contribution in [1.82, 2.24) is 4.90 Å². The van der Waals surface area contributed by atoms with Gasteiger partial charge in [-0.1, -0.05) is 18.7 Å². The van der Waals surface area contributed by atoms with Crippen LogP contribution in [0.25, 0.3) is 5.76 Å². The Morgan fingerprint density at radius 1 is 1.46 bits per heavy atom. The predicted octanol–water partition coefficient (Wildman–Crippen LogP) is 3.56. The number of Topliss-reactive ketones (excluding diaryl/α,β-unsaturated/α-hetero) is 1. The summed E-state index contributed by atoms with van der Waals surface area (Å²) in [4.78, 5) is 14.9. The molecule has 0 N–H and O–H groups in total. The first-order chi connectivity index (χ1) is 11.5. The van der Waals surface area contributed by atoms with E-state index in [1.165, 1.54) is 11.1 Å². The van der Waals surface area contributed by atoms with Gasteiger partial charge in [0.1, 0.15) is 11.5 Å². The predicted molar refractivity (Wildman–Crippen MR) is 95.9 cm³/mol. The molecule has 3 nitrogen and oxygen atoms in total. The number of ether oxygens (including phenoxy) is 1. The number of hydrogen-bond acceptors (Lipinski definition) is 3. The molecule has 2 fully saturated rings. The zero-order valence-electron chi connectivity index (χ0n) is 14.8. The second-order valence-corrected chi connectivity index (χ2v) is 7.75. The monoisotopic (exact) mass is 325 g/mol. The molecule has 0 spiro atoms. The summed E-state index contributed by atoms with van der Waals surface area (Å²) in [5, 5.41) is 0. The molecule has 0 aromatic heterocycles. The molecule has 1 heterocycles. The molecular formula is C21H27NO2. The van der Waals surface area contributed by atoms with Crippen molar-refractivity contribution in [3.63, 3.8) is 0 Å². The van der Waals surface area contributed by atoms with E-state index in [2.05, 4.69) is 36.7 Å². The number of fused-ring (bicyclic) bond motifs is 1. The molecule has 0 amide bonds. The number of rotatable bonds is 3. The van der Waals surface area contributed by atoms with E-state index in [4.69, 9.17) is 4.74 Å². The fourth-order valence-electron chi connectivity index (χ4n) is 5.45. The van der Waals surface area contributed by atoms with Gasteiger partial charge in [0.05, 0.1) is 6.61 Å². The van der Waals surface area contributed by atoms with Gasteiger partial charge in [-0.25, -0.2) is 0 Å². The highest BCUT2D eigenvalue weighted by Crippen LogP contribution is 2.55. The van der Waals surface area contributed by atoms with Crippen molar-refractivity contribution in [2.75, 3.05) is 20.2 Å². The van der Waals surface area contributed by atoms with E-state index >= 15 is 0 Å². The fraction of sp³-hybridized carbons (Fsp3) is 0.571. The van der Waals surface area contributed by atoms with Gasteiger partial charge < -0.3 is 9.64 Å². The van der Waals surface area contributed by atoms with Gasteiger partial charge in [-0.2, -0.15) is 0 Å². The number of likely N-dealkylation sites (tertiary alicyclic amines) is 1. The molecule has 0 unspecified atom stereocenters. The number of likely N-dealkylation sites (N-methyl/N-ethyl adjacent to an activating group) is 1. The van der Waals surface area contributed by atoms with Gasteiger partial charge in [-0.05, 0) is 62.9 Å². The fourth-order valence-corrected chi connectivity index (χ4v) is 5.45. The van der Waals surface area contributed by atoms with Crippen LogP contribution in [0.15, 0.2) is 24.8 Å². The summed E-state index contributed by atoms with van der Waals surface area (Å²) < 4.78 is 5.63. The number of piperidine rings is 1. The Kier molecular flexibility index (Phi) is 3.80. The van der Waals surface area contributed by atoms with Crippen LogP contribution in [0.2, 0.25) is 0 Å². The highest BCUT2D eigenvalue weighted by Gasteiger charge is 2.54. The molecule has 2 bridgehead atoms. The number of benzene rings is 1. The summed E-state index contributed by atoms with van der Waals surface area (Å²) >= 11 is 0. The van der Waals surface area contributed by atoms with E-state index in [0.717, 1.165) is 50.0 Å². The van der Waals surface area contributed by atoms with Gasteiger partial charge in [0.2, 0.25) is 0 Å². The van der Waals surface area contributed by atoms with E-state index in [0.29, 0.717) is 24.3 Å². The summed E-state index contributed by atoms with van der Waals surface area (Å²) in [5.41, 5.74) is 3.94. The Morgan fingerprint density at radius 2 is 2.29 bits per heavy atom. The van der Waals surface area contributed by atoms with E-state index < -0.39 is 0 Å². The Hall–Kier alpha value is -1.61. The molecule has 3 aliphatic rings. The van der Waals surface area contributed by atoms with Gasteiger partial charge in [-0.15, -0.1) is 0 Å². The molecule has 1 aliphatic heterocycles. The van der Waals surface area contributed by atoms with Crippen LogP contribution in [0.4, 0.5) is 0 Å².